The first-order chi connectivity index (χ1) is 15.9. The first-order valence-corrected chi connectivity index (χ1v) is 11.1. The second-order valence-electron chi connectivity index (χ2n) is 8.63. The maximum Gasteiger partial charge on any atom is 0.176 e. The van der Waals surface area contributed by atoms with Crippen molar-refractivity contribution in [1.82, 2.24) is 10.2 Å². The fourth-order valence-electron chi connectivity index (χ4n) is 4.58. The molecule has 4 rings (SSSR count). The molecule has 0 bridgehead atoms. The number of hydrogen-bond donors (Lipinski definition) is 3. The van der Waals surface area contributed by atoms with E-state index >= 15 is 0 Å². The molecule has 2 aromatic carbocycles. The third-order valence-corrected chi connectivity index (χ3v) is 6.32. The number of nitrogens with two attached hydrogens (primary N) is 2. The van der Waals surface area contributed by atoms with Crippen LogP contribution in [0.4, 0.5) is 5.69 Å². The van der Waals surface area contributed by atoms with Crippen LogP contribution in [0.25, 0.3) is 0 Å². The molecule has 5 N–H and O–H groups in total. The molecule has 0 saturated heterocycles. The van der Waals surface area contributed by atoms with E-state index in [4.69, 9.17) is 21.6 Å². The van der Waals surface area contributed by atoms with E-state index in [-0.39, 0.29) is 5.71 Å². The molecule has 1 aliphatic carbocycles. The summed E-state index contributed by atoms with van der Waals surface area (Å²) in [4.78, 5) is 0. The van der Waals surface area contributed by atoms with Crippen LogP contribution in [0.2, 0.25) is 0 Å². The van der Waals surface area contributed by atoms with Crippen LogP contribution in [0.15, 0.2) is 42.6 Å². The zero-order valence-electron chi connectivity index (χ0n) is 18.9. The number of rotatable bonds is 6. The van der Waals surface area contributed by atoms with Crippen LogP contribution >= 0.6 is 0 Å². The highest BCUT2D eigenvalue weighted by Crippen LogP contribution is 2.35. The molecule has 0 amide bonds. The van der Waals surface area contributed by atoms with Gasteiger partial charge in [0.15, 0.2) is 6.23 Å². The first-order valence-electron chi connectivity index (χ1n) is 11.1. The van der Waals surface area contributed by atoms with Crippen molar-refractivity contribution in [2.24, 2.45) is 5.73 Å². The lowest BCUT2D eigenvalue weighted by Crippen LogP contribution is -2.21. The number of nitrogens with one attached hydrogen (secondary N) is 1. The van der Waals surface area contributed by atoms with Gasteiger partial charge in [0.2, 0.25) is 0 Å². The summed E-state index contributed by atoms with van der Waals surface area (Å²) in [5, 5.41) is 26.4. The molecule has 1 heterocycles. The molecular weight excluding hydrogens is 412 g/mol. The Bertz CT molecular complexity index is 1220. The summed E-state index contributed by atoms with van der Waals surface area (Å²) in [6, 6.07) is 13.1. The minimum Gasteiger partial charge on any atom is -0.471 e. The molecule has 168 valence electrons. The third kappa shape index (κ3) is 4.71. The van der Waals surface area contributed by atoms with E-state index in [2.05, 4.69) is 16.3 Å². The third-order valence-electron chi connectivity index (χ3n) is 6.32. The smallest absolute Gasteiger partial charge is 0.176 e. The quantitative estimate of drug-likeness (QED) is 0.290. The molecule has 7 nitrogen and oxygen atoms in total. The SMILES string of the molecule is Cc1cnnc(C)c1[C@@H](N)Oc1ccc(N)c(C(=N)c2cc(C#N)cc(C3CCCC3)c2)c1. The van der Waals surface area contributed by atoms with Gasteiger partial charge in [-0.05, 0) is 80.1 Å². The molecule has 0 aliphatic heterocycles. The molecule has 7 heteroatoms. The molecule has 0 spiro atoms. The second-order valence-corrected chi connectivity index (χ2v) is 8.63. The van der Waals surface area contributed by atoms with E-state index in [0.29, 0.717) is 39.7 Å². The van der Waals surface area contributed by atoms with E-state index in [9.17, 15) is 5.26 Å². The van der Waals surface area contributed by atoms with Crippen molar-refractivity contribution in [3.05, 3.63) is 81.7 Å². The van der Waals surface area contributed by atoms with Gasteiger partial charge in [-0.2, -0.15) is 15.5 Å². The van der Waals surface area contributed by atoms with Gasteiger partial charge in [-0.1, -0.05) is 12.8 Å². The molecule has 3 aromatic rings. The largest absolute Gasteiger partial charge is 0.471 e. The number of ether oxygens (including phenoxy) is 1. The summed E-state index contributed by atoms with van der Waals surface area (Å²) < 4.78 is 6.00. The summed E-state index contributed by atoms with van der Waals surface area (Å²) in [5.41, 5.74) is 18.5. The Morgan fingerprint density at radius 2 is 1.94 bits per heavy atom. The minimum absolute atomic E-state index is 0.251. The average Bonchev–Trinajstić information content (AvgIpc) is 3.34. The summed E-state index contributed by atoms with van der Waals surface area (Å²) in [7, 11) is 0. The van der Waals surface area contributed by atoms with Crippen LogP contribution in [-0.4, -0.2) is 15.9 Å². The van der Waals surface area contributed by atoms with Gasteiger partial charge >= 0.3 is 0 Å². The summed E-state index contributed by atoms with van der Waals surface area (Å²) >= 11 is 0. The Labute approximate surface area is 193 Å². The van der Waals surface area contributed by atoms with E-state index in [1.807, 2.05) is 26.0 Å². The second kappa shape index (κ2) is 9.39. The maximum atomic E-state index is 9.54. The Kier molecular flexibility index (Phi) is 6.38. The Balaban J connectivity index is 1.65. The first kappa shape index (κ1) is 22.4. The number of aromatic nitrogens is 2. The van der Waals surface area contributed by atoms with Crippen LogP contribution in [-0.2, 0) is 0 Å². The number of aryl methyl sites for hydroxylation is 2. The predicted octanol–water partition coefficient (Wildman–Crippen LogP) is 4.66. The van der Waals surface area contributed by atoms with E-state index in [1.54, 1.807) is 30.5 Å². The molecule has 1 atom stereocenters. The van der Waals surface area contributed by atoms with Gasteiger partial charge in [-0.15, -0.1) is 0 Å². The van der Waals surface area contributed by atoms with E-state index in [0.717, 1.165) is 29.5 Å². The van der Waals surface area contributed by atoms with Crippen molar-refractivity contribution in [3.63, 3.8) is 0 Å². The molecular formula is C26H28N6O. The topological polar surface area (TPSA) is 135 Å². The number of nitrogen functional groups attached to an aromatic ring is 1. The lowest BCUT2D eigenvalue weighted by Gasteiger charge is -2.19. The molecule has 0 radical (unpaired) electrons. The van der Waals surface area contributed by atoms with Gasteiger partial charge in [0.1, 0.15) is 5.75 Å². The number of hydrogen-bond acceptors (Lipinski definition) is 7. The zero-order valence-corrected chi connectivity index (χ0v) is 18.9. The maximum absolute atomic E-state index is 9.54. The summed E-state index contributed by atoms with van der Waals surface area (Å²) in [6.45, 7) is 3.75. The van der Waals surface area contributed by atoms with Crippen LogP contribution in [0.1, 0.15) is 76.9 Å². The number of nitriles is 1. The number of nitrogens with zero attached hydrogens (tertiary/aromatic N) is 3. The molecule has 1 aromatic heterocycles. The van der Waals surface area contributed by atoms with Crippen molar-refractivity contribution >= 4 is 11.4 Å². The molecule has 0 unspecified atom stereocenters. The molecule has 1 fully saturated rings. The normalized spacial score (nSPS) is 14.6. The average molecular weight is 441 g/mol. The van der Waals surface area contributed by atoms with Crippen molar-refractivity contribution in [2.75, 3.05) is 5.73 Å². The van der Waals surface area contributed by atoms with Crippen molar-refractivity contribution in [3.8, 4) is 11.8 Å². The number of anilines is 1. The highest BCUT2D eigenvalue weighted by Gasteiger charge is 2.21. The fraction of sp³-hybridized carbons (Fsp3) is 0.308. The fourth-order valence-corrected chi connectivity index (χ4v) is 4.58. The van der Waals surface area contributed by atoms with Crippen molar-refractivity contribution in [1.29, 1.82) is 10.7 Å². The van der Waals surface area contributed by atoms with Crippen LogP contribution < -0.4 is 16.2 Å². The zero-order chi connectivity index (χ0) is 23.5. The van der Waals surface area contributed by atoms with Gasteiger partial charge in [-0.3, -0.25) is 11.1 Å². The summed E-state index contributed by atoms with van der Waals surface area (Å²) in [5.74, 6) is 0.940. The standard InChI is InChI=1S/C26H28N6O/c1-15-14-31-32-16(2)24(15)26(30)33-21-7-8-23(28)22(12-21)25(29)20-10-17(13-27)9-19(11-20)18-5-3-4-6-18/h7-12,14,18,26,29H,3-6,28,30H2,1-2H3/t26-/m0/s1. The number of benzene rings is 2. The predicted molar refractivity (Wildman–Crippen MR) is 128 cm³/mol. The Hall–Kier alpha value is -3.76. The van der Waals surface area contributed by atoms with E-state index in [1.165, 1.54) is 12.8 Å². The monoisotopic (exact) mass is 440 g/mol. The van der Waals surface area contributed by atoms with Gasteiger partial charge in [0.05, 0.1) is 29.2 Å². The molecule has 33 heavy (non-hydrogen) atoms. The van der Waals surface area contributed by atoms with Gasteiger partial charge in [0.25, 0.3) is 0 Å². The van der Waals surface area contributed by atoms with Crippen LogP contribution in [0.5, 0.6) is 5.75 Å². The van der Waals surface area contributed by atoms with Crippen LogP contribution in [0, 0.1) is 30.6 Å². The van der Waals surface area contributed by atoms with Gasteiger partial charge in [-0.25, -0.2) is 0 Å². The van der Waals surface area contributed by atoms with Crippen molar-refractivity contribution in [2.45, 2.75) is 51.7 Å². The molecule has 1 saturated carbocycles. The highest BCUT2D eigenvalue weighted by atomic mass is 16.5. The Morgan fingerprint density at radius 1 is 1.18 bits per heavy atom. The minimum atomic E-state index is -0.734. The van der Waals surface area contributed by atoms with Crippen molar-refractivity contribution < 1.29 is 4.74 Å². The van der Waals surface area contributed by atoms with E-state index < -0.39 is 6.23 Å². The summed E-state index contributed by atoms with van der Waals surface area (Å²) in [6.07, 6.45) is 5.56. The lowest BCUT2D eigenvalue weighted by atomic mass is 9.91. The Morgan fingerprint density at radius 3 is 2.64 bits per heavy atom. The highest BCUT2D eigenvalue weighted by molar-refractivity contribution is 6.14. The molecule has 1 aliphatic rings. The van der Waals surface area contributed by atoms with Gasteiger partial charge < -0.3 is 10.5 Å². The van der Waals surface area contributed by atoms with Crippen LogP contribution in [0.3, 0.4) is 0 Å². The van der Waals surface area contributed by atoms with Gasteiger partial charge in [0, 0.05) is 22.4 Å². The lowest BCUT2D eigenvalue weighted by molar-refractivity contribution is 0.211.